The zero-order chi connectivity index (χ0) is 26.2. The number of allylic oxidation sites excluding steroid dienone is 1. The Bertz CT molecular complexity index is 1210. The van der Waals surface area contributed by atoms with E-state index in [4.69, 9.17) is 4.84 Å². The lowest BCUT2D eigenvalue weighted by molar-refractivity contribution is -0.134. The van der Waals surface area contributed by atoms with Gasteiger partial charge in [-0.2, -0.15) is 0 Å². The summed E-state index contributed by atoms with van der Waals surface area (Å²) in [5.41, 5.74) is -2.20. The number of Topliss-reactive ketones (excluding diaryl/α,β-unsaturated/α-hetero) is 1. The maximum Gasteiger partial charge on any atom is 0.274 e. The number of hydrogen-bond acceptors (Lipinski definition) is 7. The molecule has 1 spiro atoms. The van der Waals surface area contributed by atoms with Crippen LogP contribution >= 0.6 is 0 Å². The van der Waals surface area contributed by atoms with Crippen LogP contribution in [0, 0.1) is 11.6 Å². The summed E-state index contributed by atoms with van der Waals surface area (Å²) in [7, 11) is 0. The van der Waals surface area contributed by atoms with Crippen molar-refractivity contribution in [2.75, 3.05) is 13.2 Å². The highest BCUT2D eigenvalue weighted by atomic mass is 19.1. The lowest BCUT2D eigenvalue weighted by atomic mass is 9.86. The largest absolute Gasteiger partial charge is 0.503 e. The van der Waals surface area contributed by atoms with Crippen molar-refractivity contribution in [1.82, 2.24) is 15.5 Å². The maximum atomic E-state index is 14.0. The summed E-state index contributed by atoms with van der Waals surface area (Å²) in [4.78, 5) is 46.3. The number of carbonyl (C=O) groups excluding carboxylic acids is 3. The van der Waals surface area contributed by atoms with Crippen LogP contribution in [0.5, 0.6) is 0 Å². The van der Waals surface area contributed by atoms with Gasteiger partial charge in [-0.1, -0.05) is 11.2 Å². The van der Waals surface area contributed by atoms with E-state index < -0.39 is 58.9 Å². The number of aliphatic hydroxyl groups excluding tert-OH is 1. The monoisotopic (exact) mass is 506 g/mol. The summed E-state index contributed by atoms with van der Waals surface area (Å²) < 4.78 is 40.2. The van der Waals surface area contributed by atoms with Crippen molar-refractivity contribution < 1.29 is 37.5 Å². The number of benzene rings is 1. The molecule has 2 amide bonds. The topological polar surface area (TPSA) is 120 Å². The Kier molecular flexibility index (Phi) is 6.79. The van der Waals surface area contributed by atoms with E-state index in [2.05, 4.69) is 15.8 Å². The molecule has 3 atom stereocenters. The minimum atomic E-state index is -1.36. The number of amides is 2. The fourth-order valence-electron chi connectivity index (χ4n) is 4.50. The van der Waals surface area contributed by atoms with E-state index in [1.54, 1.807) is 6.92 Å². The molecular weight excluding hydrogens is 481 g/mol. The molecule has 3 unspecified atom stereocenters. The first kappa shape index (κ1) is 25.3. The highest BCUT2D eigenvalue weighted by Crippen LogP contribution is 2.37. The third-order valence-electron chi connectivity index (χ3n) is 6.54. The Hall–Kier alpha value is -3.83. The van der Waals surface area contributed by atoms with Crippen LogP contribution in [-0.2, 0) is 25.8 Å². The van der Waals surface area contributed by atoms with Gasteiger partial charge in [-0.05, 0) is 38.8 Å². The van der Waals surface area contributed by atoms with Gasteiger partial charge in [-0.25, -0.2) is 13.2 Å². The number of rotatable bonds is 6. The van der Waals surface area contributed by atoms with E-state index >= 15 is 0 Å². The Labute approximate surface area is 204 Å². The number of carbonyl (C=O) groups is 3. The molecule has 1 aromatic rings. The first-order valence-electron chi connectivity index (χ1n) is 11.3. The first-order chi connectivity index (χ1) is 17.1. The van der Waals surface area contributed by atoms with Gasteiger partial charge in [0.1, 0.15) is 29.5 Å². The number of halogens is 3. The summed E-state index contributed by atoms with van der Waals surface area (Å²) in [6.45, 7) is 2.00. The lowest BCUT2D eigenvalue weighted by Gasteiger charge is -2.44. The van der Waals surface area contributed by atoms with Crippen LogP contribution in [0.15, 0.2) is 46.5 Å². The lowest BCUT2D eigenvalue weighted by Crippen LogP contribution is -2.65. The number of nitrogens with zero attached hydrogens (tertiary/aromatic N) is 2. The molecule has 0 aromatic heterocycles. The number of ketones is 1. The second-order valence-corrected chi connectivity index (χ2v) is 9.11. The van der Waals surface area contributed by atoms with Crippen molar-refractivity contribution in [3.05, 3.63) is 58.5 Å². The smallest absolute Gasteiger partial charge is 0.274 e. The van der Waals surface area contributed by atoms with Crippen LogP contribution in [0.3, 0.4) is 0 Å². The molecule has 3 aliphatic rings. The normalized spacial score (nSPS) is 26.1. The zero-order valence-electron chi connectivity index (χ0n) is 19.6. The van der Waals surface area contributed by atoms with Crippen LogP contribution in [0.2, 0.25) is 0 Å². The number of aliphatic hydroxyl groups is 1. The quantitative estimate of drug-likeness (QED) is 0.308. The van der Waals surface area contributed by atoms with Gasteiger partial charge >= 0.3 is 0 Å². The van der Waals surface area contributed by atoms with Crippen LogP contribution in [-0.4, -0.2) is 64.2 Å². The van der Waals surface area contributed by atoms with Gasteiger partial charge in [-0.3, -0.25) is 14.4 Å². The molecule has 3 aliphatic heterocycles. The molecule has 4 rings (SSSR count). The molecule has 2 fully saturated rings. The summed E-state index contributed by atoms with van der Waals surface area (Å²) in [5, 5.41) is 19.8. The molecular formula is C24H25F3N4O5. The van der Waals surface area contributed by atoms with E-state index in [9.17, 15) is 32.7 Å². The van der Waals surface area contributed by atoms with Crippen molar-refractivity contribution in [2.24, 2.45) is 5.16 Å². The van der Waals surface area contributed by atoms with Gasteiger partial charge in [0.25, 0.3) is 11.8 Å². The van der Waals surface area contributed by atoms with E-state index in [-0.39, 0.29) is 36.1 Å². The van der Waals surface area contributed by atoms with Crippen LogP contribution in [0.4, 0.5) is 13.2 Å². The molecule has 12 heteroatoms. The van der Waals surface area contributed by atoms with E-state index in [0.717, 1.165) is 12.1 Å². The van der Waals surface area contributed by atoms with Crippen molar-refractivity contribution in [1.29, 1.82) is 0 Å². The second-order valence-electron chi connectivity index (χ2n) is 9.11. The van der Waals surface area contributed by atoms with Crippen LogP contribution < -0.4 is 10.6 Å². The predicted molar refractivity (Wildman–Crippen MR) is 121 cm³/mol. The molecule has 36 heavy (non-hydrogen) atoms. The number of fused-ring (bicyclic) bond motifs is 2. The number of hydrogen-bond donors (Lipinski definition) is 3. The minimum Gasteiger partial charge on any atom is -0.503 e. The summed E-state index contributed by atoms with van der Waals surface area (Å²) in [5.74, 6) is -5.29. The molecule has 3 bridgehead atoms. The van der Waals surface area contributed by atoms with Crippen LogP contribution in [0.25, 0.3) is 0 Å². The number of piperazine rings is 1. The fourth-order valence-corrected chi connectivity index (χ4v) is 4.50. The molecule has 1 aromatic carbocycles. The fraction of sp³-hybridized carbons (Fsp3) is 0.417. The van der Waals surface area contributed by atoms with Crippen molar-refractivity contribution in [2.45, 2.75) is 50.9 Å². The van der Waals surface area contributed by atoms with Gasteiger partial charge in [0.2, 0.25) is 5.78 Å². The average Bonchev–Trinajstić information content (AvgIpc) is 3.02. The predicted octanol–water partition coefficient (Wildman–Crippen LogP) is 1.94. The Balaban J connectivity index is 1.74. The Morgan fingerprint density at radius 3 is 2.78 bits per heavy atom. The van der Waals surface area contributed by atoms with E-state index in [1.165, 1.54) is 17.9 Å². The van der Waals surface area contributed by atoms with Crippen molar-refractivity contribution >= 4 is 23.3 Å². The number of nitrogens with one attached hydrogen (secondary N) is 2. The number of alkyl halides is 1. The zero-order valence-corrected chi connectivity index (χ0v) is 19.6. The highest BCUT2D eigenvalue weighted by Gasteiger charge is 2.54. The van der Waals surface area contributed by atoms with Gasteiger partial charge in [0.15, 0.2) is 11.9 Å². The van der Waals surface area contributed by atoms with Gasteiger partial charge in [-0.15, -0.1) is 0 Å². The van der Waals surface area contributed by atoms with Crippen molar-refractivity contribution in [3.63, 3.8) is 0 Å². The van der Waals surface area contributed by atoms with Crippen molar-refractivity contribution in [3.8, 4) is 0 Å². The molecule has 0 saturated carbocycles. The first-order valence-corrected chi connectivity index (χ1v) is 11.3. The Morgan fingerprint density at radius 2 is 2.08 bits per heavy atom. The summed E-state index contributed by atoms with van der Waals surface area (Å²) in [6, 6.07) is 2.55. The van der Waals surface area contributed by atoms with Gasteiger partial charge < -0.3 is 25.5 Å². The second kappa shape index (κ2) is 9.67. The molecule has 3 heterocycles. The van der Waals surface area contributed by atoms with Crippen LogP contribution in [0.1, 0.15) is 32.3 Å². The molecule has 9 nitrogen and oxygen atoms in total. The standard InChI is InChI=1S/C24H25F3N4O5/c1-12(9-25)30-36-18-6-3-13(2)31-11-24(18)8-16(20(32)21(33)19(29-24)23(31)35)22(34)28-10-14-4-5-15(26)7-17(14)27/h4-5,7-8,13,18,29,33H,3,6,9-11H2,1-2H3,(H,28,34)/b30-12+. The minimum absolute atomic E-state index is 0.0186. The van der Waals surface area contributed by atoms with Gasteiger partial charge in [0.05, 0.1) is 17.8 Å². The highest BCUT2D eigenvalue weighted by molar-refractivity contribution is 6.26. The maximum absolute atomic E-state index is 14.0. The third-order valence-corrected chi connectivity index (χ3v) is 6.54. The molecule has 3 N–H and O–H groups in total. The number of oxime groups is 1. The molecule has 0 aliphatic carbocycles. The molecule has 192 valence electrons. The SMILES string of the molecule is C/C(CF)=N\OC1CCC(C)N2CC13C=C(C(=O)NCc1ccc(F)cc1F)C(=O)C(O)=C(N3)C2=O. The molecule has 0 radical (unpaired) electrons. The Morgan fingerprint density at radius 1 is 1.33 bits per heavy atom. The van der Waals surface area contributed by atoms with Gasteiger partial charge in [0, 0.05) is 24.2 Å². The third kappa shape index (κ3) is 4.54. The molecule has 2 saturated heterocycles. The summed E-state index contributed by atoms with van der Waals surface area (Å²) in [6.07, 6.45) is 1.24. The van der Waals surface area contributed by atoms with E-state index in [1.807, 2.05) is 0 Å². The summed E-state index contributed by atoms with van der Waals surface area (Å²) >= 11 is 0. The van der Waals surface area contributed by atoms with E-state index in [0.29, 0.717) is 18.9 Å². The average molecular weight is 506 g/mol.